The fourth-order valence-corrected chi connectivity index (χ4v) is 1.88. The van der Waals surface area contributed by atoms with E-state index in [0.29, 0.717) is 0 Å². The van der Waals surface area contributed by atoms with E-state index in [-0.39, 0.29) is 17.9 Å². The molecule has 0 unspecified atom stereocenters. The molecule has 12 heavy (non-hydrogen) atoms. The summed E-state index contributed by atoms with van der Waals surface area (Å²) >= 11 is 0. The standard InChI is InChI=1S/C8H15NO3/c1-4-6(5(2)10)9(3)8(12)7(4)11/h4-7,10-11H,1-3H3/t4-,5-,6-,7+/m0/s1. The first-order valence-electron chi connectivity index (χ1n) is 4.09. The van der Waals surface area contributed by atoms with Crippen LogP contribution in [0.1, 0.15) is 13.8 Å². The molecule has 1 aliphatic heterocycles. The smallest absolute Gasteiger partial charge is 0.251 e. The quantitative estimate of drug-likeness (QED) is 0.546. The van der Waals surface area contributed by atoms with Crippen molar-refractivity contribution in [1.82, 2.24) is 4.90 Å². The van der Waals surface area contributed by atoms with Crippen molar-refractivity contribution in [2.24, 2.45) is 5.92 Å². The Hall–Kier alpha value is -0.610. The fourth-order valence-electron chi connectivity index (χ4n) is 1.88. The lowest BCUT2D eigenvalue weighted by Crippen LogP contribution is -2.39. The Labute approximate surface area is 71.8 Å². The highest BCUT2D eigenvalue weighted by Crippen LogP contribution is 2.26. The molecule has 2 N–H and O–H groups in total. The Morgan fingerprint density at radius 1 is 1.58 bits per heavy atom. The molecule has 0 bridgehead atoms. The lowest BCUT2D eigenvalue weighted by molar-refractivity contribution is -0.135. The van der Waals surface area contributed by atoms with Gasteiger partial charge in [0.15, 0.2) is 0 Å². The predicted molar refractivity (Wildman–Crippen MR) is 43.4 cm³/mol. The summed E-state index contributed by atoms with van der Waals surface area (Å²) in [5.41, 5.74) is 0. The molecule has 4 atom stereocenters. The van der Waals surface area contributed by atoms with Gasteiger partial charge in [0.25, 0.3) is 5.91 Å². The minimum absolute atomic E-state index is 0.192. The maximum absolute atomic E-state index is 11.2. The molecule has 0 aliphatic carbocycles. The van der Waals surface area contributed by atoms with Gasteiger partial charge in [0.2, 0.25) is 0 Å². The largest absolute Gasteiger partial charge is 0.391 e. The Morgan fingerprint density at radius 3 is 2.25 bits per heavy atom. The summed E-state index contributed by atoms with van der Waals surface area (Å²) < 4.78 is 0. The predicted octanol–water partition coefficient (Wildman–Crippen LogP) is -0.795. The number of aliphatic hydroxyl groups excluding tert-OH is 2. The van der Waals surface area contributed by atoms with Crippen molar-refractivity contribution >= 4 is 5.91 Å². The van der Waals surface area contributed by atoms with Crippen molar-refractivity contribution in [2.45, 2.75) is 32.1 Å². The zero-order valence-corrected chi connectivity index (χ0v) is 7.56. The Kier molecular flexibility index (Phi) is 2.39. The lowest BCUT2D eigenvalue weighted by atomic mass is 9.97. The summed E-state index contributed by atoms with van der Waals surface area (Å²) in [6, 6.07) is -0.257. The number of hydrogen-bond acceptors (Lipinski definition) is 3. The van der Waals surface area contributed by atoms with Crippen LogP contribution >= 0.6 is 0 Å². The zero-order chi connectivity index (χ0) is 9.46. The van der Waals surface area contributed by atoms with Crippen molar-refractivity contribution in [3.8, 4) is 0 Å². The zero-order valence-electron chi connectivity index (χ0n) is 7.56. The number of aliphatic hydroxyl groups is 2. The van der Waals surface area contributed by atoms with Crippen molar-refractivity contribution < 1.29 is 15.0 Å². The van der Waals surface area contributed by atoms with Crippen LogP contribution in [0, 0.1) is 5.92 Å². The van der Waals surface area contributed by atoms with Crippen molar-refractivity contribution in [2.75, 3.05) is 7.05 Å². The number of likely N-dealkylation sites (tertiary alicyclic amines) is 1. The van der Waals surface area contributed by atoms with E-state index in [9.17, 15) is 15.0 Å². The van der Waals surface area contributed by atoms with E-state index in [1.807, 2.05) is 0 Å². The van der Waals surface area contributed by atoms with Gasteiger partial charge in [0.1, 0.15) is 6.10 Å². The average molecular weight is 173 g/mol. The highest BCUT2D eigenvalue weighted by molar-refractivity contribution is 5.83. The van der Waals surface area contributed by atoms with E-state index in [2.05, 4.69) is 0 Å². The molecule has 1 aliphatic rings. The molecule has 1 heterocycles. The van der Waals surface area contributed by atoms with Gasteiger partial charge in [-0.15, -0.1) is 0 Å². The fraction of sp³-hybridized carbons (Fsp3) is 0.875. The van der Waals surface area contributed by atoms with E-state index in [1.165, 1.54) is 4.90 Å². The molecule has 1 saturated heterocycles. The molecule has 0 spiro atoms. The van der Waals surface area contributed by atoms with Gasteiger partial charge in [-0.2, -0.15) is 0 Å². The molecule has 1 fully saturated rings. The highest BCUT2D eigenvalue weighted by atomic mass is 16.3. The molecule has 0 aromatic heterocycles. The molecule has 1 rings (SSSR count). The van der Waals surface area contributed by atoms with Crippen molar-refractivity contribution in [1.29, 1.82) is 0 Å². The van der Waals surface area contributed by atoms with Crippen LogP contribution in [0.3, 0.4) is 0 Å². The van der Waals surface area contributed by atoms with Gasteiger partial charge in [-0.05, 0) is 6.92 Å². The van der Waals surface area contributed by atoms with Gasteiger partial charge in [-0.25, -0.2) is 0 Å². The van der Waals surface area contributed by atoms with Gasteiger partial charge < -0.3 is 15.1 Å². The summed E-state index contributed by atoms with van der Waals surface area (Å²) in [6.45, 7) is 3.40. The number of rotatable bonds is 1. The molecule has 70 valence electrons. The average Bonchev–Trinajstić information content (AvgIpc) is 2.16. The Balaban J connectivity index is 2.83. The minimum atomic E-state index is -0.949. The highest BCUT2D eigenvalue weighted by Gasteiger charge is 2.44. The van der Waals surface area contributed by atoms with Gasteiger partial charge in [0, 0.05) is 13.0 Å². The van der Waals surface area contributed by atoms with Crippen molar-refractivity contribution in [3.05, 3.63) is 0 Å². The molecule has 1 amide bonds. The SMILES string of the molecule is C[C@H]1[C@@H]([C@H](C)O)N(C)C(=O)[C@@H]1O. The number of amides is 1. The molecule has 0 aromatic carbocycles. The van der Waals surface area contributed by atoms with Crippen LogP contribution in [0.4, 0.5) is 0 Å². The lowest BCUT2D eigenvalue weighted by Gasteiger charge is -2.25. The summed E-state index contributed by atoms with van der Waals surface area (Å²) in [7, 11) is 1.60. The summed E-state index contributed by atoms with van der Waals surface area (Å²) in [6.07, 6.45) is -1.54. The first-order chi connectivity index (χ1) is 5.46. The first kappa shape index (κ1) is 9.48. The van der Waals surface area contributed by atoms with Crippen LogP contribution < -0.4 is 0 Å². The van der Waals surface area contributed by atoms with Crippen LogP contribution in [0.15, 0.2) is 0 Å². The van der Waals surface area contributed by atoms with Crippen LogP contribution in [-0.4, -0.2) is 46.3 Å². The second kappa shape index (κ2) is 3.03. The molecule has 0 aromatic rings. The Bertz CT molecular complexity index is 193. The molecule has 4 nitrogen and oxygen atoms in total. The Morgan fingerprint density at radius 2 is 2.08 bits per heavy atom. The monoisotopic (exact) mass is 173 g/mol. The number of carbonyl (C=O) groups is 1. The van der Waals surface area contributed by atoms with Crippen LogP contribution in [-0.2, 0) is 4.79 Å². The first-order valence-corrected chi connectivity index (χ1v) is 4.09. The van der Waals surface area contributed by atoms with Gasteiger partial charge in [-0.1, -0.05) is 6.92 Å². The second-order valence-corrected chi connectivity index (χ2v) is 3.48. The van der Waals surface area contributed by atoms with Crippen molar-refractivity contribution in [3.63, 3.8) is 0 Å². The van der Waals surface area contributed by atoms with Gasteiger partial charge in [0.05, 0.1) is 12.1 Å². The van der Waals surface area contributed by atoms with Crippen LogP contribution in [0.25, 0.3) is 0 Å². The molecular formula is C8H15NO3. The maximum atomic E-state index is 11.2. The number of carbonyl (C=O) groups excluding carboxylic acids is 1. The third-order valence-corrected chi connectivity index (χ3v) is 2.58. The summed E-state index contributed by atoms with van der Waals surface area (Å²) in [5, 5.41) is 18.7. The van der Waals surface area contributed by atoms with E-state index in [1.54, 1.807) is 20.9 Å². The third kappa shape index (κ3) is 1.21. The molecular weight excluding hydrogens is 158 g/mol. The summed E-state index contributed by atoms with van der Waals surface area (Å²) in [5.74, 6) is -0.490. The number of likely N-dealkylation sites (N-methyl/N-ethyl adjacent to an activating group) is 1. The second-order valence-electron chi connectivity index (χ2n) is 3.48. The normalized spacial score (nSPS) is 38.9. The van der Waals surface area contributed by atoms with Crippen LogP contribution in [0.5, 0.6) is 0 Å². The van der Waals surface area contributed by atoms with E-state index >= 15 is 0 Å². The van der Waals surface area contributed by atoms with Gasteiger partial charge in [-0.3, -0.25) is 4.79 Å². The minimum Gasteiger partial charge on any atom is -0.391 e. The topological polar surface area (TPSA) is 60.8 Å². The number of hydrogen-bond donors (Lipinski definition) is 2. The number of nitrogens with zero attached hydrogens (tertiary/aromatic N) is 1. The van der Waals surface area contributed by atoms with E-state index in [0.717, 1.165) is 0 Å². The van der Waals surface area contributed by atoms with Gasteiger partial charge >= 0.3 is 0 Å². The molecule has 0 saturated carbocycles. The van der Waals surface area contributed by atoms with Crippen LogP contribution in [0.2, 0.25) is 0 Å². The molecule has 0 radical (unpaired) electrons. The van der Waals surface area contributed by atoms with E-state index in [4.69, 9.17) is 0 Å². The maximum Gasteiger partial charge on any atom is 0.251 e. The molecule has 4 heteroatoms. The third-order valence-electron chi connectivity index (χ3n) is 2.58. The van der Waals surface area contributed by atoms with E-state index < -0.39 is 12.2 Å². The summed E-state index contributed by atoms with van der Waals surface area (Å²) in [4.78, 5) is 12.6.